The lowest BCUT2D eigenvalue weighted by molar-refractivity contribution is 0.0949. The third kappa shape index (κ3) is 4.89. The summed E-state index contributed by atoms with van der Waals surface area (Å²) in [7, 11) is 5.32. The third-order valence-electron chi connectivity index (χ3n) is 4.86. The first-order valence-corrected chi connectivity index (χ1v) is 9.35. The van der Waals surface area contributed by atoms with E-state index in [0.29, 0.717) is 30.2 Å². The van der Waals surface area contributed by atoms with Gasteiger partial charge >= 0.3 is 0 Å². The van der Waals surface area contributed by atoms with Gasteiger partial charge in [0.25, 0.3) is 5.91 Å². The fourth-order valence-electron chi connectivity index (χ4n) is 3.13. The Balaban J connectivity index is 1.56. The number of rotatable bonds is 7. The topological polar surface area (TPSA) is 79.8 Å². The van der Waals surface area contributed by atoms with E-state index in [1.807, 2.05) is 18.2 Å². The Morgan fingerprint density at radius 2 is 1.82 bits per heavy atom. The zero-order valence-corrected chi connectivity index (χ0v) is 16.6. The van der Waals surface area contributed by atoms with Gasteiger partial charge in [0.05, 0.1) is 14.2 Å². The molecule has 0 bridgehead atoms. The molecular formula is C20H27N5O3. The predicted octanol–water partition coefficient (Wildman–Crippen LogP) is 1.22. The Bertz CT molecular complexity index is 806. The van der Waals surface area contributed by atoms with E-state index >= 15 is 0 Å². The Hall–Kier alpha value is -2.87. The molecule has 0 radical (unpaired) electrons. The largest absolute Gasteiger partial charge is 0.493 e. The molecule has 0 unspecified atom stereocenters. The minimum absolute atomic E-state index is 0.196. The summed E-state index contributed by atoms with van der Waals surface area (Å²) < 4.78 is 10.6. The normalized spacial score (nSPS) is 14.6. The second kappa shape index (κ2) is 9.36. The van der Waals surface area contributed by atoms with Crippen LogP contribution in [0.2, 0.25) is 0 Å². The van der Waals surface area contributed by atoms with Crippen LogP contribution in [0.3, 0.4) is 0 Å². The molecule has 1 aliphatic heterocycles. The molecule has 3 rings (SSSR count). The van der Waals surface area contributed by atoms with E-state index in [4.69, 9.17) is 9.47 Å². The maximum atomic E-state index is 12.5. The third-order valence-corrected chi connectivity index (χ3v) is 4.86. The van der Waals surface area contributed by atoms with Crippen molar-refractivity contribution in [3.63, 3.8) is 0 Å². The number of hydrogen-bond donors (Lipinski definition) is 1. The number of amides is 1. The predicted molar refractivity (Wildman–Crippen MR) is 107 cm³/mol. The van der Waals surface area contributed by atoms with Gasteiger partial charge in [-0.05, 0) is 31.2 Å². The highest BCUT2D eigenvalue weighted by atomic mass is 16.5. The molecule has 0 spiro atoms. The summed E-state index contributed by atoms with van der Waals surface area (Å²) in [5.74, 6) is 1.97. The monoisotopic (exact) mass is 385 g/mol. The molecule has 1 saturated heterocycles. The summed E-state index contributed by atoms with van der Waals surface area (Å²) in [6, 6.07) is 7.50. The first-order valence-electron chi connectivity index (χ1n) is 9.35. The van der Waals surface area contributed by atoms with Crippen LogP contribution in [0.5, 0.6) is 11.5 Å². The molecule has 1 aromatic carbocycles. The number of hydrogen-bond acceptors (Lipinski definition) is 7. The van der Waals surface area contributed by atoms with Crippen molar-refractivity contribution >= 4 is 11.7 Å². The van der Waals surface area contributed by atoms with E-state index in [1.54, 1.807) is 20.3 Å². The summed E-state index contributed by atoms with van der Waals surface area (Å²) in [5, 5.41) is 2.92. The van der Waals surface area contributed by atoms with Crippen molar-refractivity contribution in [3.8, 4) is 11.5 Å². The molecule has 150 valence electrons. The fraction of sp³-hybridized carbons (Fsp3) is 0.450. The number of anilines is 1. The van der Waals surface area contributed by atoms with Gasteiger partial charge < -0.3 is 24.6 Å². The molecule has 1 aromatic heterocycles. The second-order valence-electron chi connectivity index (χ2n) is 6.75. The number of methoxy groups -OCH3 is 2. The lowest BCUT2D eigenvalue weighted by Crippen LogP contribution is -2.45. The maximum Gasteiger partial charge on any atom is 0.270 e. The smallest absolute Gasteiger partial charge is 0.270 e. The van der Waals surface area contributed by atoms with Gasteiger partial charge in [-0.1, -0.05) is 6.07 Å². The zero-order chi connectivity index (χ0) is 19.9. The average molecular weight is 385 g/mol. The molecule has 0 aliphatic carbocycles. The molecule has 8 heteroatoms. The van der Waals surface area contributed by atoms with Crippen molar-refractivity contribution in [3.05, 3.63) is 41.9 Å². The van der Waals surface area contributed by atoms with Gasteiger partial charge in [0.15, 0.2) is 11.5 Å². The summed E-state index contributed by atoms with van der Waals surface area (Å²) in [6.07, 6.45) is 2.14. The van der Waals surface area contributed by atoms with Gasteiger partial charge in [-0.15, -0.1) is 0 Å². The van der Waals surface area contributed by atoms with Crippen LogP contribution in [0.4, 0.5) is 5.82 Å². The van der Waals surface area contributed by atoms with Gasteiger partial charge in [0.2, 0.25) is 0 Å². The second-order valence-corrected chi connectivity index (χ2v) is 6.75. The zero-order valence-electron chi connectivity index (χ0n) is 16.6. The number of piperazine rings is 1. The van der Waals surface area contributed by atoms with Crippen LogP contribution >= 0.6 is 0 Å². The summed E-state index contributed by atoms with van der Waals surface area (Å²) in [5.41, 5.74) is 1.44. The molecule has 1 amide bonds. The van der Waals surface area contributed by atoms with Crippen LogP contribution in [0.1, 0.15) is 16.1 Å². The van der Waals surface area contributed by atoms with E-state index in [9.17, 15) is 4.79 Å². The summed E-state index contributed by atoms with van der Waals surface area (Å²) >= 11 is 0. The lowest BCUT2D eigenvalue weighted by atomic mass is 10.1. The van der Waals surface area contributed by atoms with Crippen molar-refractivity contribution in [1.29, 1.82) is 0 Å². The molecule has 1 fully saturated rings. The van der Waals surface area contributed by atoms with Crippen molar-refractivity contribution in [2.24, 2.45) is 0 Å². The maximum absolute atomic E-state index is 12.5. The SMILES string of the molecule is COc1ccc(CCNC(=O)c2cc(N3CCN(C)CC3)ncn2)cc1OC. The average Bonchev–Trinajstić information content (AvgIpc) is 2.74. The van der Waals surface area contributed by atoms with Crippen molar-refractivity contribution < 1.29 is 14.3 Å². The van der Waals surface area contributed by atoms with E-state index < -0.39 is 0 Å². The molecule has 2 aromatic rings. The highest BCUT2D eigenvalue weighted by Crippen LogP contribution is 2.27. The molecule has 8 nitrogen and oxygen atoms in total. The lowest BCUT2D eigenvalue weighted by Gasteiger charge is -2.33. The summed E-state index contributed by atoms with van der Waals surface area (Å²) in [4.78, 5) is 25.4. The first-order chi connectivity index (χ1) is 13.6. The van der Waals surface area contributed by atoms with Crippen LogP contribution in [-0.4, -0.2) is 74.8 Å². The van der Waals surface area contributed by atoms with Gasteiger partial charge in [-0.25, -0.2) is 9.97 Å². The Morgan fingerprint density at radius 1 is 1.07 bits per heavy atom. The number of carbonyl (C=O) groups is 1. The number of likely N-dealkylation sites (N-methyl/N-ethyl adjacent to an activating group) is 1. The number of nitrogens with one attached hydrogen (secondary N) is 1. The van der Waals surface area contributed by atoms with Crippen LogP contribution in [0.15, 0.2) is 30.6 Å². The number of aromatic nitrogens is 2. The molecule has 1 N–H and O–H groups in total. The van der Waals surface area contributed by atoms with Gasteiger partial charge in [-0.2, -0.15) is 0 Å². The Labute approximate surface area is 165 Å². The molecular weight excluding hydrogens is 358 g/mol. The standard InChI is InChI=1S/C20H27N5O3/c1-24-8-10-25(11-9-24)19-13-16(22-14-23-19)20(26)21-7-6-15-4-5-17(27-2)18(12-15)28-3/h4-5,12-14H,6-11H2,1-3H3,(H,21,26). The quantitative estimate of drug-likeness (QED) is 0.768. The van der Waals surface area contributed by atoms with Crippen LogP contribution in [0.25, 0.3) is 0 Å². The molecule has 28 heavy (non-hydrogen) atoms. The van der Waals surface area contributed by atoms with E-state index in [1.165, 1.54) is 6.33 Å². The Morgan fingerprint density at radius 3 is 2.54 bits per heavy atom. The summed E-state index contributed by atoms with van der Waals surface area (Å²) in [6.45, 7) is 4.26. The van der Waals surface area contributed by atoms with Crippen LogP contribution < -0.4 is 19.7 Å². The molecule has 0 saturated carbocycles. The highest BCUT2D eigenvalue weighted by Gasteiger charge is 2.17. The van der Waals surface area contributed by atoms with Crippen molar-refractivity contribution in [1.82, 2.24) is 20.2 Å². The number of carbonyl (C=O) groups excluding carboxylic acids is 1. The molecule has 1 aliphatic rings. The highest BCUT2D eigenvalue weighted by molar-refractivity contribution is 5.92. The fourth-order valence-corrected chi connectivity index (χ4v) is 3.13. The molecule has 2 heterocycles. The van der Waals surface area contributed by atoms with E-state index in [0.717, 1.165) is 37.6 Å². The van der Waals surface area contributed by atoms with Gasteiger partial charge in [0.1, 0.15) is 17.8 Å². The number of benzene rings is 1. The first kappa shape index (κ1) is 19.9. The number of ether oxygens (including phenoxy) is 2. The molecule has 0 atom stereocenters. The number of nitrogens with zero attached hydrogens (tertiary/aromatic N) is 4. The Kier molecular flexibility index (Phi) is 6.65. The van der Waals surface area contributed by atoms with Crippen molar-refractivity contribution in [2.75, 3.05) is 58.9 Å². The minimum Gasteiger partial charge on any atom is -0.493 e. The van der Waals surface area contributed by atoms with Gasteiger partial charge in [-0.3, -0.25) is 4.79 Å². The van der Waals surface area contributed by atoms with Crippen molar-refractivity contribution in [2.45, 2.75) is 6.42 Å². The van der Waals surface area contributed by atoms with Gasteiger partial charge in [0, 0.05) is 38.8 Å². The van der Waals surface area contributed by atoms with Crippen LogP contribution in [-0.2, 0) is 6.42 Å². The van der Waals surface area contributed by atoms with E-state index in [-0.39, 0.29) is 5.91 Å². The van der Waals surface area contributed by atoms with Crippen LogP contribution in [0, 0.1) is 0 Å². The van der Waals surface area contributed by atoms with E-state index in [2.05, 4.69) is 32.1 Å². The minimum atomic E-state index is -0.196.